The van der Waals surface area contributed by atoms with E-state index in [1.165, 1.54) is 6.07 Å². The van der Waals surface area contributed by atoms with E-state index in [-0.39, 0.29) is 5.56 Å². The average molecular weight is 225 g/mol. The van der Waals surface area contributed by atoms with Gasteiger partial charge in [0.1, 0.15) is 0 Å². The van der Waals surface area contributed by atoms with Crippen molar-refractivity contribution in [2.45, 2.75) is 6.92 Å². The molecule has 0 fully saturated rings. The molecule has 0 bridgehead atoms. The summed E-state index contributed by atoms with van der Waals surface area (Å²) >= 11 is 6.01. The molecular formula is C10H9ClN2O2. The first kappa shape index (κ1) is 9.98. The highest BCUT2D eigenvalue weighted by molar-refractivity contribution is 6.36. The molecule has 0 atom stereocenters. The van der Waals surface area contributed by atoms with Gasteiger partial charge < -0.3 is 5.11 Å². The topological polar surface area (TPSA) is 55.1 Å². The first-order chi connectivity index (χ1) is 7.02. The quantitative estimate of drug-likeness (QED) is 0.808. The maximum absolute atomic E-state index is 11.0. The molecule has 5 heteroatoms. The highest BCUT2D eigenvalue weighted by atomic mass is 35.5. The van der Waals surface area contributed by atoms with Crippen LogP contribution in [0.25, 0.3) is 10.9 Å². The fourth-order valence-electron chi connectivity index (χ4n) is 1.74. The summed E-state index contributed by atoms with van der Waals surface area (Å²) in [6.45, 7) is 1.81. The number of fused-ring (bicyclic) bond motifs is 1. The summed E-state index contributed by atoms with van der Waals surface area (Å²) < 4.78 is 1.54. The SMILES string of the molecule is Cc1nn(C)c2c(C(=O)O)ccc(Cl)c12. The van der Waals surface area contributed by atoms with Crippen molar-refractivity contribution in [1.82, 2.24) is 9.78 Å². The average Bonchev–Trinajstić information content (AvgIpc) is 2.43. The van der Waals surface area contributed by atoms with E-state index < -0.39 is 5.97 Å². The molecule has 4 nitrogen and oxygen atoms in total. The number of carbonyl (C=O) groups is 1. The minimum atomic E-state index is -0.973. The molecule has 0 saturated carbocycles. The van der Waals surface area contributed by atoms with Crippen LogP contribution in [0.4, 0.5) is 0 Å². The van der Waals surface area contributed by atoms with E-state index in [0.29, 0.717) is 15.9 Å². The molecule has 1 aromatic heterocycles. The minimum Gasteiger partial charge on any atom is -0.478 e. The molecule has 0 radical (unpaired) electrons. The summed E-state index contributed by atoms with van der Waals surface area (Å²) in [5.41, 5.74) is 1.52. The van der Waals surface area contributed by atoms with Crippen LogP contribution in [0, 0.1) is 6.92 Å². The van der Waals surface area contributed by atoms with Gasteiger partial charge in [-0.25, -0.2) is 4.79 Å². The van der Waals surface area contributed by atoms with Crippen molar-refractivity contribution in [1.29, 1.82) is 0 Å². The molecule has 0 aliphatic rings. The van der Waals surface area contributed by atoms with Gasteiger partial charge in [0.05, 0.1) is 21.8 Å². The molecule has 0 amide bonds. The Kier molecular flexibility index (Phi) is 2.16. The molecule has 15 heavy (non-hydrogen) atoms. The van der Waals surface area contributed by atoms with Gasteiger partial charge in [-0.1, -0.05) is 11.6 Å². The van der Waals surface area contributed by atoms with Gasteiger partial charge in [-0.15, -0.1) is 0 Å². The number of halogens is 1. The molecule has 78 valence electrons. The molecule has 2 aromatic rings. The Morgan fingerprint density at radius 1 is 1.53 bits per heavy atom. The smallest absolute Gasteiger partial charge is 0.337 e. The van der Waals surface area contributed by atoms with Crippen LogP contribution >= 0.6 is 11.6 Å². The predicted molar refractivity (Wildman–Crippen MR) is 57.4 cm³/mol. The monoisotopic (exact) mass is 224 g/mol. The maximum Gasteiger partial charge on any atom is 0.337 e. The van der Waals surface area contributed by atoms with E-state index in [1.54, 1.807) is 24.7 Å². The number of nitrogens with zero attached hydrogens (tertiary/aromatic N) is 2. The van der Waals surface area contributed by atoms with E-state index in [9.17, 15) is 4.79 Å². The lowest BCUT2D eigenvalue weighted by Gasteiger charge is -2.01. The van der Waals surface area contributed by atoms with E-state index in [2.05, 4.69) is 5.10 Å². The lowest BCUT2D eigenvalue weighted by Crippen LogP contribution is -2.01. The van der Waals surface area contributed by atoms with E-state index in [0.717, 1.165) is 5.69 Å². The fraction of sp³-hybridized carbons (Fsp3) is 0.200. The number of aryl methyl sites for hydroxylation is 2. The number of hydrogen-bond acceptors (Lipinski definition) is 2. The van der Waals surface area contributed by atoms with Gasteiger partial charge in [0.25, 0.3) is 0 Å². The van der Waals surface area contributed by atoms with Gasteiger partial charge in [-0.3, -0.25) is 4.68 Å². The third-order valence-electron chi connectivity index (χ3n) is 2.34. The number of aromatic carboxylic acids is 1. The molecule has 0 saturated heterocycles. The van der Waals surface area contributed by atoms with Gasteiger partial charge in [0, 0.05) is 12.4 Å². The number of hydrogen-bond donors (Lipinski definition) is 1. The molecule has 1 heterocycles. The second-order valence-electron chi connectivity index (χ2n) is 3.33. The van der Waals surface area contributed by atoms with Crippen LogP contribution in [0.1, 0.15) is 16.1 Å². The van der Waals surface area contributed by atoms with Crippen LogP contribution in [0.5, 0.6) is 0 Å². The molecule has 0 aliphatic carbocycles. The second-order valence-corrected chi connectivity index (χ2v) is 3.74. The second kappa shape index (κ2) is 3.24. The number of carboxylic acids is 1. The third kappa shape index (κ3) is 1.37. The van der Waals surface area contributed by atoms with Crippen molar-refractivity contribution >= 4 is 28.5 Å². The predicted octanol–water partition coefficient (Wildman–Crippen LogP) is 2.23. The lowest BCUT2D eigenvalue weighted by atomic mass is 10.1. The van der Waals surface area contributed by atoms with E-state index in [1.807, 2.05) is 0 Å². The van der Waals surface area contributed by atoms with Crippen LogP contribution in [-0.2, 0) is 7.05 Å². The first-order valence-corrected chi connectivity index (χ1v) is 4.75. The van der Waals surface area contributed by atoms with Crippen molar-refractivity contribution < 1.29 is 9.90 Å². The number of rotatable bonds is 1. The van der Waals surface area contributed by atoms with Gasteiger partial charge in [0.15, 0.2) is 0 Å². The molecule has 2 rings (SSSR count). The highest BCUT2D eigenvalue weighted by Gasteiger charge is 2.16. The van der Waals surface area contributed by atoms with Crippen LogP contribution in [-0.4, -0.2) is 20.9 Å². The molecule has 0 unspecified atom stereocenters. The van der Waals surface area contributed by atoms with Gasteiger partial charge >= 0.3 is 5.97 Å². The van der Waals surface area contributed by atoms with Gasteiger partial charge in [0.2, 0.25) is 0 Å². The van der Waals surface area contributed by atoms with Crippen LogP contribution < -0.4 is 0 Å². The first-order valence-electron chi connectivity index (χ1n) is 4.37. The zero-order chi connectivity index (χ0) is 11.2. The third-order valence-corrected chi connectivity index (χ3v) is 2.66. The summed E-state index contributed by atoms with van der Waals surface area (Å²) in [4.78, 5) is 11.0. The van der Waals surface area contributed by atoms with E-state index >= 15 is 0 Å². The Hall–Kier alpha value is -1.55. The van der Waals surface area contributed by atoms with Gasteiger partial charge in [-0.05, 0) is 19.1 Å². The normalized spacial score (nSPS) is 10.9. The van der Waals surface area contributed by atoms with Crippen molar-refractivity contribution in [3.05, 3.63) is 28.4 Å². The molecule has 1 aromatic carbocycles. The van der Waals surface area contributed by atoms with Crippen molar-refractivity contribution in [2.75, 3.05) is 0 Å². The van der Waals surface area contributed by atoms with Crippen molar-refractivity contribution in [3.8, 4) is 0 Å². The minimum absolute atomic E-state index is 0.220. The number of benzene rings is 1. The zero-order valence-corrected chi connectivity index (χ0v) is 9.04. The summed E-state index contributed by atoms with van der Waals surface area (Å²) in [7, 11) is 1.71. The Bertz CT molecular complexity index is 560. The van der Waals surface area contributed by atoms with Crippen LogP contribution in [0.15, 0.2) is 12.1 Å². The summed E-state index contributed by atoms with van der Waals surface area (Å²) in [5.74, 6) is -0.973. The number of carboxylic acid groups (broad SMARTS) is 1. The van der Waals surface area contributed by atoms with E-state index in [4.69, 9.17) is 16.7 Å². The number of aromatic nitrogens is 2. The maximum atomic E-state index is 11.0. The molecule has 1 N–H and O–H groups in total. The zero-order valence-electron chi connectivity index (χ0n) is 8.28. The molecule has 0 aliphatic heterocycles. The standard InChI is InChI=1S/C10H9ClN2O2/c1-5-8-7(11)4-3-6(10(14)15)9(8)13(2)12-5/h3-4H,1-2H3,(H,14,15). The largest absolute Gasteiger partial charge is 0.478 e. The lowest BCUT2D eigenvalue weighted by molar-refractivity contribution is 0.0698. The Labute approximate surface area is 91.1 Å². The summed E-state index contributed by atoms with van der Waals surface area (Å²) in [5, 5.41) is 14.4. The Morgan fingerprint density at radius 2 is 2.20 bits per heavy atom. The van der Waals surface area contributed by atoms with Crippen molar-refractivity contribution in [2.24, 2.45) is 7.05 Å². The van der Waals surface area contributed by atoms with Crippen molar-refractivity contribution in [3.63, 3.8) is 0 Å². The van der Waals surface area contributed by atoms with Crippen LogP contribution in [0.2, 0.25) is 5.02 Å². The van der Waals surface area contributed by atoms with Crippen LogP contribution in [0.3, 0.4) is 0 Å². The fourth-order valence-corrected chi connectivity index (χ4v) is 2.03. The van der Waals surface area contributed by atoms with Gasteiger partial charge in [-0.2, -0.15) is 5.10 Å². The highest BCUT2D eigenvalue weighted by Crippen LogP contribution is 2.28. The summed E-state index contributed by atoms with van der Waals surface area (Å²) in [6.07, 6.45) is 0. The summed E-state index contributed by atoms with van der Waals surface area (Å²) in [6, 6.07) is 3.08. The Morgan fingerprint density at radius 3 is 2.80 bits per heavy atom. The molecule has 0 spiro atoms. The molecular weight excluding hydrogens is 216 g/mol. The Balaban J connectivity index is 2.98.